The zero-order valence-corrected chi connectivity index (χ0v) is 12.7. The average Bonchev–Trinajstić information content (AvgIpc) is 2.61. The Morgan fingerprint density at radius 1 is 0.958 bits per heavy atom. The van der Waals surface area contributed by atoms with Gasteiger partial charge in [-0.15, -0.1) is 0 Å². The lowest BCUT2D eigenvalue weighted by Crippen LogP contribution is -2.30. The molecule has 24 heavy (non-hydrogen) atoms. The third kappa shape index (κ3) is 3.33. The third-order valence-corrected chi connectivity index (χ3v) is 3.45. The summed E-state index contributed by atoms with van der Waals surface area (Å²) in [5.41, 5.74) is 6.26. The SMILES string of the molecule is Nc1ccn(C(=O)OC(c2ccccc2)c2ccccc2)c(=O)n1. The van der Waals surface area contributed by atoms with Gasteiger partial charge in [-0.1, -0.05) is 60.7 Å². The summed E-state index contributed by atoms with van der Waals surface area (Å²) >= 11 is 0. The van der Waals surface area contributed by atoms with Gasteiger partial charge in [0, 0.05) is 6.20 Å². The van der Waals surface area contributed by atoms with Crippen LogP contribution in [0.5, 0.6) is 0 Å². The van der Waals surface area contributed by atoms with E-state index < -0.39 is 17.9 Å². The van der Waals surface area contributed by atoms with E-state index in [1.54, 1.807) is 0 Å². The van der Waals surface area contributed by atoms with Crippen LogP contribution in [0.3, 0.4) is 0 Å². The monoisotopic (exact) mass is 321 g/mol. The highest BCUT2D eigenvalue weighted by molar-refractivity contribution is 5.71. The quantitative estimate of drug-likeness (QED) is 0.801. The zero-order valence-electron chi connectivity index (χ0n) is 12.7. The molecule has 0 bridgehead atoms. The van der Waals surface area contributed by atoms with Crippen molar-refractivity contribution in [2.24, 2.45) is 0 Å². The maximum atomic E-state index is 12.4. The molecule has 0 aliphatic heterocycles. The molecule has 6 nitrogen and oxygen atoms in total. The van der Waals surface area contributed by atoms with Crippen LogP contribution in [-0.2, 0) is 4.74 Å². The van der Waals surface area contributed by atoms with Crippen LogP contribution in [0.4, 0.5) is 10.6 Å². The molecule has 0 aliphatic carbocycles. The number of carbonyl (C=O) groups is 1. The molecule has 3 aromatic rings. The van der Waals surface area contributed by atoms with E-state index in [4.69, 9.17) is 10.5 Å². The average molecular weight is 321 g/mol. The molecule has 0 atom stereocenters. The number of benzene rings is 2. The summed E-state index contributed by atoms with van der Waals surface area (Å²) in [7, 11) is 0. The van der Waals surface area contributed by atoms with Gasteiger partial charge in [0.2, 0.25) is 0 Å². The molecular formula is C18H15N3O3. The topological polar surface area (TPSA) is 87.2 Å². The molecule has 0 unspecified atom stereocenters. The summed E-state index contributed by atoms with van der Waals surface area (Å²) in [6.07, 6.45) is -0.199. The fourth-order valence-corrected chi connectivity index (χ4v) is 2.30. The second-order valence-electron chi connectivity index (χ2n) is 5.09. The van der Waals surface area contributed by atoms with Gasteiger partial charge in [-0.2, -0.15) is 4.98 Å². The van der Waals surface area contributed by atoms with Crippen LogP contribution in [0.2, 0.25) is 0 Å². The smallest absolute Gasteiger partial charge is 0.423 e. The highest BCUT2D eigenvalue weighted by Gasteiger charge is 2.20. The minimum Gasteiger partial charge on any atom is -0.436 e. The van der Waals surface area contributed by atoms with E-state index in [2.05, 4.69) is 4.98 Å². The molecule has 0 fully saturated rings. The fourth-order valence-electron chi connectivity index (χ4n) is 2.30. The fraction of sp³-hybridized carbons (Fsp3) is 0.0556. The number of nitrogens with two attached hydrogens (primary N) is 1. The number of nitrogen functional groups attached to an aromatic ring is 1. The second kappa shape index (κ2) is 6.78. The number of rotatable bonds is 3. The Balaban J connectivity index is 1.95. The Bertz CT molecular complexity index is 853. The molecule has 1 heterocycles. The molecule has 0 saturated carbocycles. The van der Waals surface area contributed by atoms with Gasteiger partial charge < -0.3 is 10.5 Å². The Morgan fingerprint density at radius 2 is 1.50 bits per heavy atom. The first-order chi connectivity index (χ1) is 11.6. The molecule has 2 N–H and O–H groups in total. The number of ether oxygens (including phenoxy) is 1. The molecule has 2 aromatic carbocycles. The predicted octanol–water partition coefficient (Wildman–Crippen LogP) is 2.60. The Hall–Kier alpha value is -3.41. The summed E-state index contributed by atoms with van der Waals surface area (Å²) < 4.78 is 6.36. The molecule has 6 heteroatoms. The van der Waals surface area contributed by atoms with Crippen LogP contribution in [0.15, 0.2) is 77.7 Å². The first-order valence-corrected chi connectivity index (χ1v) is 7.31. The Labute approximate surface area is 138 Å². The highest BCUT2D eigenvalue weighted by atomic mass is 16.6. The van der Waals surface area contributed by atoms with Crippen LogP contribution in [0.25, 0.3) is 0 Å². The first kappa shape index (κ1) is 15.5. The second-order valence-corrected chi connectivity index (χ2v) is 5.09. The van der Waals surface area contributed by atoms with Gasteiger partial charge in [-0.05, 0) is 17.2 Å². The molecule has 0 spiro atoms. The van der Waals surface area contributed by atoms with Crippen LogP contribution in [0.1, 0.15) is 17.2 Å². The standard InChI is InChI=1S/C18H15N3O3/c19-15-11-12-21(17(22)20-15)18(23)24-16(13-7-3-1-4-8-13)14-9-5-2-6-10-14/h1-12,16H,(H2,19,20,22). The number of carbonyl (C=O) groups excluding carboxylic acids is 1. The van der Waals surface area contributed by atoms with E-state index in [0.29, 0.717) is 0 Å². The van der Waals surface area contributed by atoms with E-state index in [9.17, 15) is 9.59 Å². The lowest BCUT2D eigenvalue weighted by molar-refractivity contribution is 0.117. The van der Waals surface area contributed by atoms with Crippen LogP contribution < -0.4 is 11.4 Å². The van der Waals surface area contributed by atoms with Crippen molar-refractivity contribution in [3.63, 3.8) is 0 Å². The van der Waals surface area contributed by atoms with Gasteiger partial charge in [0.1, 0.15) is 5.82 Å². The maximum Gasteiger partial charge on any atom is 0.423 e. The molecule has 0 saturated heterocycles. The maximum absolute atomic E-state index is 12.4. The number of aromatic nitrogens is 2. The molecule has 1 aromatic heterocycles. The first-order valence-electron chi connectivity index (χ1n) is 7.31. The van der Waals surface area contributed by atoms with Crippen molar-refractivity contribution in [1.82, 2.24) is 9.55 Å². The lowest BCUT2D eigenvalue weighted by Gasteiger charge is -2.19. The van der Waals surface area contributed by atoms with E-state index >= 15 is 0 Å². The Morgan fingerprint density at radius 3 is 2.00 bits per heavy atom. The number of hydrogen-bond donors (Lipinski definition) is 1. The van der Waals surface area contributed by atoms with Crippen LogP contribution >= 0.6 is 0 Å². The largest absolute Gasteiger partial charge is 0.436 e. The normalized spacial score (nSPS) is 10.5. The van der Waals surface area contributed by atoms with E-state index in [0.717, 1.165) is 15.7 Å². The minimum absolute atomic E-state index is 0.0479. The summed E-state index contributed by atoms with van der Waals surface area (Å²) in [6.45, 7) is 0. The summed E-state index contributed by atoms with van der Waals surface area (Å²) in [5, 5.41) is 0. The summed E-state index contributed by atoms with van der Waals surface area (Å²) in [5.74, 6) is 0.0479. The van der Waals surface area contributed by atoms with Crippen molar-refractivity contribution in [2.75, 3.05) is 5.73 Å². The van der Waals surface area contributed by atoms with Crippen molar-refractivity contribution in [3.8, 4) is 0 Å². The Kier molecular flexibility index (Phi) is 4.38. The molecule has 0 amide bonds. The van der Waals surface area contributed by atoms with Crippen molar-refractivity contribution in [1.29, 1.82) is 0 Å². The van der Waals surface area contributed by atoms with Gasteiger partial charge in [-0.25, -0.2) is 14.2 Å². The highest BCUT2D eigenvalue weighted by Crippen LogP contribution is 2.26. The lowest BCUT2D eigenvalue weighted by atomic mass is 10.0. The molecule has 0 aliphatic rings. The number of nitrogens with zero attached hydrogens (tertiary/aromatic N) is 2. The van der Waals surface area contributed by atoms with Gasteiger partial charge >= 0.3 is 11.8 Å². The number of hydrogen-bond acceptors (Lipinski definition) is 5. The van der Waals surface area contributed by atoms with Crippen molar-refractivity contribution >= 4 is 11.9 Å². The minimum atomic E-state index is -0.815. The van der Waals surface area contributed by atoms with Crippen LogP contribution in [-0.4, -0.2) is 15.6 Å². The predicted molar refractivity (Wildman–Crippen MR) is 89.5 cm³/mol. The molecular weight excluding hydrogens is 306 g/mol. The van der Waals surface area contributed by atoms with Crippen molar-refractivity contribution in [2.45, 2.75) is 6.10 Å². The van der Waals surface area contributed by atoms with Gasteiger partial charge in [-0.3, -0.25) is 0 Å². The summed E-state index contributed by atoms with van der Waals surface area (Å²) in [4.78, 5) is 27.7. The zero-order chi connectivity index (χ0) is 16.9. The summed E-state index contributed by atoms with van der Waals surface area (Å²) in [6, 6.07) is 20.0. The number of anilines is 1. The van der Waals surface area contributed by atoms with Crippen LogP contribution in [0, 0.1) is 0 Å². The van der Waals surface area contributed by atoms with Crippen molar-refractivity contribution < 1.29 is 9.53 Å². The molecule has 3 rings (SSSR count). The van der Waals surface area contributed by atoms with Gasteiger partial charge in [0.25, 0.3) is 0 Å². The third-order valence-electron chi connectivity index (χ3n) is 3.45. The van der Waals surface area contributed by atoms with Crippen molar-refractivity contribution in [3.05, 3.63) is 94.5 Å². The van der Waals surface area contributed by atoms with E-state index in [1.165, 1.54) is 12.3 Å². The molecule has 0 radical (unpaired) electrons. The van der Waals surface area contributed by atoms with Gasteiger partial charge in [0.15, 0.2) is 6.10 Å². The van der Waals surface area contributed by atoms with Gasteiger partial charge in [0.05, 0.1) is 0 Å². The van der Waals surface area contributed by atoms with E-state index in [1.807, 2.05) is 60.7 Å². The molecule has 120 valence electrons. The van der Waals surface area contributed by atoms with E-state index in [-0.39, 0.29) is 5.82 Å².